The lowest BCUT2D eigenvalue weighted by molar-refractivity contribution is 0.146. The van der Waals surface area contributed by atoms with Crippen LogP contribution in [-0.4, -0.2) is 32.8 Å². The fourth-order valence-corrected chi connectivity index (χ4v) is 2.32. The molecular formula is C20H26FN3O2. The molecule has 2 aromatic carbocycles. The Kier molecular flexibility index (Phi) is 8.42. The second-order valence-electron chi connectivity index (χ2n) is 5.67. The van der Waals surface area contributed by atoms with Crippen molar-refractivity contribution in [2.45, 2.75) is 20.0 Å². The largest absolute Gasteiger partial charge is 0.491 e. The van der Waals surface area contributed by atoms with Crippen LogP contribution in [0.15, 0.2) is 53.5 Å². The molecule has 140 valence electrons. The molecular weight excluding hydrogens is 333 g/mol. The lowest BCUT2D eigenvalue weighted by Gasteiger charge is -2.12. The van der Waals surface area contributed by atoms with E-state index in [0.717, 1.165) is 23.4 Å². The molecule has 26 heavy (non-hydrogen) atoms. The average molecular weight is 359 g/mol. The lowest BCUT2D eigenvalue weighted by atomic mass is 10.2. The molecule has 0 aliphatic rings. The predicted octanol–water partition coefficient (Wildman–Crippen LogP) is 3.11. The van der Waals surface area contributed by atoms with Gasteiger partial charge in [0.1, 0.15) is 18.2 Å². The molecule has 0 aliphatic heterocycles. The van der Waals surface area contributed by atoms with Crippen molar-refractivity contribution in [1.82, 2.24) is 10.6 Å². The lowest BCUT2D eigenvalue weighted by Crippen LogP contribution is -2.36. The van der Waals surface area contributed by atoms with Crippen LogP contribution in [0.2, 0.25) is 0 Å². The Balaban J connectivity index is 1.93. The highest BCUT2D eigenvalue weighted by Crippen LogP contribution is 2.13. The number of nitrogens with one attached hydrogen (secondary N) is 2. The summed E-state index contributed by atoms with van der Waals surface area (Å²) in [7, 11) is 1.65. The zero-order valence-corrected chi connectivity index (χ0v) is 15.3. The molecule has 2 rings (SSSR count). The molecule has 0 heterocycles. The number of hydrogen-bond acceptors (Lipinski definition) is 3. The highest BCUT2D eigenvalue weighted by atomic mass is 19.1. The first-order valence-electron chi connectivity index (χ1n) is 8.68. The normalized spacial score (nSPS) is 11.3. The first-order chi connectivity index (χ1) is 12.7. The second kappa shape index (κ2) is 11.1. The highest BCUT2D eigenvalue weighted by molar-refractivity contribution is 5.79. The van der Waals surface area contributed by atoms with Crippen LogP contribution in [0, 0.1) is 5.82 Å². The number of guanidine groups is 1. The fraction of sp³-hybridized carbons (Fsp3) is 0.350. The average Bonchev–Trinajstić information content (AvgIpc) is 2.65. The summed E-state index contributed by atoms with van der Waals surface area (Å²) >= 11 is 0. The van der Waals surface area contributed by atoms with Gasteiger partial charge in [-0.2, -0.15) is 0 Å². The van der Waals surface area contributed by atoms with Crippen LogP contribution in [0.4, 0.5) is 4.39 Å². The van der Waals surface area contributed by atoms with Gasteiger partial charge in [0, 0.05) is 20.2 Å². The van der Waals surface area contributed by atoms with E-state index in [4.69, 9.17) is 9.47 Å². The number of halogens is 1. The number of nitrogens with zero attached hydrogens (tertiary/aromatic N) is 1. The van der Waals surface area contributed by atoms with E-state index in [1.54, 1.807) is 13.2 Å². The minimum Gasteiger partial charge on any atom is -0.491 e. The molecule has 0 amide bonds. The summed E-state index contributed by atoms with van der Waals surface area (Å²) in [5, 5.41) is 6.47. The number of methoxy groups -OCH3 is 1. The molecule has 2 aromatic rings. The Bertz CT molecular complexity index is 707. The van der Waals surface area contributed by atoms with Crippen molar-refractivity contribution in [1.29, 1.82) is 0 Å². The number of ether oxygens (including phenoxy) is 2. The SMILES string of the molecule is CCNC(=NCc1cccc(F)c1)NCc1cccc(OCCOC)c1. The van der Waals surface area contributed by atoms with Crippen LogP contribution in [0.3, 0.4) is 0 Å². The zero-order valence-electron chi connectivity index (χ0n) is 15.3. The minimum absolute atomic E-state index is 0.249. The molecule has 0 radical (unpaired) electrons. The van der Waals surface area contributed by atoms with E-state index in [-0.39, 0.29) is 5.82 Å². The summed E-state index contributed by atoms with van der Waals surface area (Å²) in [5.74, 6) is 1.24. The Morgan fingerprint density at radius 1 is 1.04 bits per heavy atom. The van der Waals surface area contributed by atoms with Crippen LogP contribution in [0.1, 0.15) is 18.1 Å². The molecule has 0 spiro atoms. The fourth-order valence-electron chi connectivity index (χ4n) is 2.32. The second-order valence-corrected chi connectivity index (χ2v) is 5.67. The van der Waals surface area contributed by atoms with Gasteiger partial charge in [0.15, 0.2) is 5.96 Å². The molecule has 0 aromatic heterocycles. The van der Waals surface area contributed by atoms with E-state index in [2.05, 4.69) is 15.6 Å². The summed E-state index contributed by atoms with van der Waals surface area (Å²) in [6, 6.07) is 14.3. The third-order valence-corrected chi connectivity index (χ3v) is 3.57. The number of hydrogen-bond donors (Lipinski definition) is 2. The quantitative estimate of drug-likeness (QED) is 0.410. The Labute approximate surface area is 154 Å². The summed E-state index contributed by atoms with van der Waals surface area (Å²) in [6.07, 6.45) is 0. The van der Waals surface area contributed by atoms with Crippen LogP contribution < -0.4 is 15.4 Å². The first kappa shape index (κ1) is 19.7. The monoisotopic (exact) mass is 359 g/mol. The Morgan fingerprint density at radius 3 is 2.62 bits per heavy atom. The summed E-state index contributed by atoms with van der Waals surface area (Å²) in [4.78, 5) is 4.50. The van der Waals surface area contributed by atoms with Gasteiger partial charge in [-0.1, -0.05) is 24.3 Å². The van der Waals surface area contributed by atoms with Gasteiger partial charge in [-0.15, -0.1) is 0 Å². The number of rotatable bonds is 9. The number of aliphatic imine (C=N–C) groups is 1. The van der Waals surface area contributed by atoms with Crippen molar-refractivity contribution in [3.8, 4) is 5.75 Å². The van der Waals surface area contributed by atoms with Crippen molar-refractivity contribution >= 4 is 5.96 Å². The first-order valence-corrected chi connectivity index (χ1v) is 8.68. The van der Waals surface area contributed by atoms with E-state index >= 15 is 0 Å². The topological polar surface area (TPSA) is 54.9 Å². The summed E-state index contributed by atoms with van der Waals surface area (Å²) in [6.45, 7) is 4.84. The molecule has 0 saturated heterocycles. The summed E-state index contributed by atoms with van der Waals surface area (Å²) in [5.41, 5.74) is 1.91. The van der Waals surface area contributed by atoms with Crippen LogP contribution in [0.5, 0.6) is 5.75 Å². The third-order valence-electron chi connectivity index (χ3n) is 3.57. The maximum atomic E-state index is 13.3. The van der Waals surface area contributed by atoms with Gasteiger partial charge in [0.25, 0.3) is 0 Å². The van der Waals surface area contributed by atoms with Gasteiger partial charge in [-0.05, 0) is 42.3 Å². The highest BCUT2D eigenvalue weighted by Gasteiger charge is 2.01. The van der Waals surface area contributed by atoms with Gasteiger partial charge in [0.05, 0.1) is 13.2 Å². The Hall–Kier alpha value is -2.60. The van der Waals surface area contributed by atoms with Gasteiger partial charge < -0.3 is 20.1 Å². The molecule has 0 atom stereocenters. The molecule has 6 heteroatoms. The van der Waals surface area contributed by atoms with Gasteiger partial charge in [-0.25, -0.2) is 9.38 Å². The van der Waals surface area contributed by atoms with E-state index in [9.17, 15) is 4.39 Å². The number of benzene rings is 2. The summed E-state index contributed by atoms with van der Waals surface area (Å²) < 4.78 is 23.9. The van der Waals surface area contributed by atoms with Crippen molar-refractivity contribution in [2.75, 3.05) is 26.9 Å². The third kappa shape index (κ3) is 7.11. The van der Waals surface area contributed by atoms with E-state index in [0.29, 0.717) is 32.3 Å². The van der Waals surface area contributed by atoms with Crippen molar-refractivity contribution < 1.29 is 13.9 Å². The molecule has 2 N–H and O–H groups in total. The predicted molar refractivity (Wildman–Crippen MR) is 102 cm³/mol. The maximum Gasteiger partial charge on any atom is 0.191 e. The van der Waals surface area contributed by atoms with Crippen LogP contribution >= 0.6 is 0 Å². The van der Waals surface area contributed by atoms with Crippen LogP contribution in [-0.2, 0) is 17.8 Å². The smallest absolute Gasteiger partial charge is 0.191 e. The van der Waals surface area contributed by atoms with Gasteiger partial charge >= 0.3 is 0 Å². The van der Waals surface area contributed by atoms with Gasteiger partial charge in [0.2, 0.25) is 0 Å². The van der Waals surface area contributed by atoms with Crippen molar-refractivity contribution in [3.63, 3.8) is 0 Å². The zero-order chi connectivity index (χ0) is 18.6. The maximum absolute atomic E-state index is 13.3. The molecule has 0 bridgehead atoms. The molecule has 0 saturated carbocycles. The minimum atomic E-state index is -0.249. The molecule has 0 aliphatic carbocycles. The Morgan fingerprint density at radius 2 is 1.85 bits per heavy atom. The van der Waals surface area contributed by atoms with Gasteiger partial charge in [-0.3, -0.25) is 0 Å². The van der Waals surface area contributed by atoms with E-state index in [1.165, 1.54) is 12.1 Å². The standard InChI is InChI=1S/C20H26FN3O2/c1-3-22-20(23-14-16-6-4-8-18(21)12-16)24-15-17-7-5-9-19(13-17)26-11-10-25-2/h4-9,12-13H,3,10-11,14-15H2,1-2H3,(H2,22,23,24). The molecule has 0 fully saturated rings. The van der Waals surface area contributed by atoms with E-state index < -0.39 is 0 Å². The van der Waals surface area contributed by atoms with E-state index in [1.807, 2.05) is 37.3 Å². The molecule has 5 nitrogen and oxygen atoms in total. The molecule has 0 unspecified atom stereocenters. The van der Waals surface area contributed by atoms with Crippen LogP contribution in [0.25, 0.3) is 0 Å². The van der Waals surface area contributed by atoms with Crippen molar-refractivity contribution in [3.05, 3.63) is 65.5 Å². The van der Waals surface area contributed by atoms with Crippen molar-refractivity contribution in [2.24, 2.45) is 4.99 Å².